The van der Waals surface area contributed by atoms with Crippen LogP contribution in [0, 0.1) is 0 Å². The van der Waals surface area contributed by atoms with Crippen molar-refractivity contribution in [3.05, 3.63) is 0 Å². The van der Waals surface area contributed by atoms with Crippen molar-refractivity contribution in [1.82, 2.24) is 0 Å². The fraction of sp³-hybridized carbons (Fsp3) is 0.750. The predicted octanol–water partition coefficient (Wildman–Crippen LogP) is -1.10. The van der Waals surface area contributed by atoms with E-state index in [1.807, 2.05) is 0 Å². The highest BCUT2D eigenvalue weighted by Crippen LogP contribution is 2.37. The molecule has 2 atom stereocenters. The number of carbonyl (C=O) groups is 1. The van der Waals surface area contributed by atoms with E-state index in [9.17, 15) is 9.36 Å². The minimum absolute atomic E-state index is 1.16. The Morgan fingerprint density at radius 1 is 1.58 bits per heavy atom. The van der Waals surface area contributed by atoms with Crippen molar-refractivity contribution >= 4 is 13.8 Å². The number of hydrogen-bond donors (Lipinski definition) is 4. The summed E-state index contributed by atoms with van der Waals surface area (Å²) in [4.78, 5) is 26.7. The smallest absolute Gasteiger partial charge is 0.469 e. The normalized spacial score (nSPS) is 17.0. The Labute approximate surface area is 68.4 Å². The van der Waals surface area contributed by atoms with Gasteiger partial charge in [-0.15, -0.1) is 0 Å². The van der Waals surface area contributed by atoms with Crippen molar-refractivity contribution in [2.45, 2.75) is 19.1 Å². The monoisotopic (exact) mass is 199 g/mol. The van der Waals surface area contributed by atoms with E-state index in [2.05, 4.69) is 4.52 Å². The SMILES string of the molecule is C[C@H](OP(=O)(O)O)[C@@H](N)C(=O)O. The molecule has 7 nitrogen and oxygen atoms in total. The molecule has 0 aliphatic carbocycles. The third kappa shape index (κ3) is 4.42. The van der Waals surface area contributed by atoms with Crippen molar-refractivity contribution in [2.24, 2.45) is 5.73 Å². The Bertz CT molecular complexity index is 212. The van der Waals surface area contributed by atoms with Crippen molar-refractivity contribution in [1.29, 1.82) is 0 Å². The van der Waals surface area contributed by atoms with Crippen LogP contribution in [0.1, 0.15) is 6.92 Å². The van der Waals surface area contributed by atoms with E-state index in [1.165, 1.54) is 0 Å². The number of phosphoric acid groups is 1. The van der Waals surface area contributed by atoms with Crippen LogP contribution in [0.3, 0.4) is 0 Å². The molecule has 5 N–H and O–H groups in total. The molecule has 0 saturated heterocycles. The molecule has 0 unspecified atom stereocenters. The maximum atomic E-state index is 10.2. The second-order valence-corrected chi connectivity index (χ2v) is 3.36. The molecule has 0 radical (unpaired) electrons. The van der Waals surface area contributed by atoms with Crippen LogP contribution in [-0.2, 0) is 13.9 Å². The second-order valence-electron chi connectivity index (χ2n) is 2.17. The zero-order valence-electron chi connectivity index (χ0n) is 6.25. The summed E-state index contributed by atoms with van der Waals surface area (Å²) < 4.78 is 14.2. The molecule has 72 valence electrons. The highest BCUT2D eigenvalue weighted by Gasteiger charge is 2.27. The zero-order valence-corrected chi connectivity index (χ0v) is 7.14. The zero-order chi connectivity index (χ0) is 9.94. The van der Waals surface area contributed by atoms with Crippen LogP contribution >= 0.6 is 7.82 Å². The maximum Gasteiger partial charge on any atom is 0.469 e. The predicted molar refractivity (Wildman–Crippen MR) is 38.2 cm³/mol. The van der Waals surface area contributed by atoms with Crippen LogP contribution in [0.25, 0.3) is 0 Å². The van der Waals surface area contributed by atoms with Gasteiger partial charge in [0.05, 0.1) is 6.10 Å². The summed E-state index contributed by atoms with van der Waals surface area (Å²) >= 11 is 0. The lowest BCUT2D eigenvalue weighted by Crippen LogP contribution is -2.41. The van der Waals surface area contributed by atoms with E-state index < -0.39 is 25.9 Å². The molecule has 0 aliphatic rings. The summed E-state index contributed by atoms with van der Waals surface area (Å²) in [5.74, 6) is -1.38. The molecule has 0 aromatic rings. The lowest BCUT2D eigenvalue weighted by molar-refractivity contribution is -0.140. The van der Waals surface area contributed by atoms with E-state index in [0.29, 0.717) is 0 Å². The van der Waals surface area contributed by atoms with Crippen molar-refractivity contribution in [3.8, 4) is 0 Å². The molecule has 0 aromatic heterocycles. The molecule has 12 heavy (non-hydrogen) atoms. The molecule has 0 heterocycles. The number of nitrogens with two attached hydrogens (primary N) is 1. The molecular formula is C4H10NO6P. The summed E-state index contributed by atoms with van der Waals surface area (Å²) in [5, 5.41) is 8.29. The van der Waals surface area contributed by atoms with E-state index in [4.69, 9.17) is 20.6 Å². The standard InChI is InChI=1S/C4H10NO6P/c1-2(3(5)4(6)7)11-12(8,9)10/h2-3H,5H2,1H3,(H,6,7)(H2,8,9,10)/t2-,3+/m0/s1. The first kappa shape index (κ1) is 11.5. The van der Waals surface area contributed by atoms with Gasteiger partial charge in [0, 0.05) is 0 Å². The number of rotatable bonds is 4. The maximum absolute atomic E-state index is 10.2. The van der Waals surface area contributed by atoms with Gasteiger partial charge in [-0.05, 0) is 6.92 Å². The fourth-order valence-electron chi connectivity index (χ4n) is 0.483. The van der Waals surface area contributed by atoms with Gasteiger partial charge in [-0.2, -0.15) is 0 Å². The Morgan fingerprint density at radius 3 is 2.25 bits per heavy atom. The third-order valence-electron chi connectivity index (χ3n) is 1.09. The van der Waals surface area contributed by atoms with Gasteiger partial charge in [0.2, 0.25) is 0 Å². The van der Waals surface area contributed by atoms with Gasteiger partial charge in [0.15, 0.2) is 0 Å². The molecule has 8 heteroatoms. The second kappa shape index (κ2) is 3.97. The van der Waals surface area contributed by atoms with Crippen LogP contribution in [0.15, 0.2) is 0 Å². The van der Waals surface area contributed by atoms with E-state index in [-0.39, 0.29) is 0 Å². The molecule has 0 amide bonds. The number of carboxylic acid groups (broad SMARTS) is 1. The Kier molecular flexibility index (Phi) is 3.82. The summed E-state index contributed by atoms with van der Waals surface area (Å²) in [6.45, 7) is 1.16. The van der Waals surface area contributed by atoms with Crippen LogP contribution in [-0.4, -0.2) is 33.0 Å². The minimum atomic E-state index is -4.66. The Hall–Kier alpha value is -0.460. The number of phosphoric ester groups is 1. The molecule has 0 aliphatic heterocycles. The summed E-state index contributed by atoms with van der Waals surface area (Å²) in [6.07, 6.45) is -1.23. The molecule has 0 saturated carbocycles. The fourth-order valence-corrected chi connectivity index (χ4v) is 1.05. The third-order valence-corrected chi connectivity index (χ3v) is 1.70. The van der Waals surface area contributed by atoms with Crippen molar-refractivity contribution in [3.63, 3.8) is 0 Å². The largest absolute Gasteiger partial charge is 0.480 e. The molecule has 0 bridgehead atoms. The van der Waals surface area contributed by atoms with Gasteiger partial charge in [-0.25, -0.2) is 4.57 Å². The average molecular weight is 199 g/mol. The number of hydrogen-bond acceptors (Lipinski definition) is 4. The molecule has 0 rings (SSSR count). The highest BCUT2D eigenvalue weighted by molar-refractivity contribution is 7.46. The summed E-state index contributed by atoms with van der Waals surface area (Å²) in [7, 11) is -4.66. The van der Waals surface area contributed by atoms with Gasteiger partial charge in [-0.1, -0.05) is 0 Å². The number of carboxylic acids is 1. The minimum Gasteiger partial charge on any atom is -0.480 e. The lowest BCUT2D eigenvalue weighted by Gasteiger charge is -2.16. The van der Waals surface area contributed by atoms with Gasteiger partial charge in [-0.3, -0.25) is 9.32 Å². The molecular weight excluding hydrogens is 189 g/mol. The van der Waals surface area contributed by atoms with Crippen molar-refractivity contribution in [2.75, 3.05) is 0 Å². The van der Waals surface area contributed by atoms with Gasteiger partial charge in [0.25, 0.3) is 0 Å². The number of aliphatic carboxylic acids is 1. The van der Waals surface area contributed by atoms with E-state index >= 15 is 0 Å². The van der Waals surface area contributed by atoms with Crippen LogP contribution in [0.4, 0.5) is 0 Å². The lowest BCUT2D eigenvalue weighted by atomic mass is 10.2. The first-order valence-electron chi connectivity index (χ1n) is 2.96. The Morgan fingerprint density at radius 2 is 2.00 bits per heavy atom. The van der Waals surface area contributed by atoms with Gasteiger partial charge >= 0.3 is 13.8 Å². The highest BCUT2D eigenvalue weighted by atomic mass is 31.2. The Balaban J connectivity index is 4.13. The van der Waals surface area contributed by atoms with E-state index in [1.54, 1.807) is 0 Å². The first-order valence-corrected chi connectivity index (χ1v) is 4.49. The van der Waals surface area contributed by atoms with Crippen LogP contribution < -0.4 is 5.73 Å². The van der Waals surface area contributed by atoms with Crippen molar-refractivity contribution < 1.29 is 28.8 Å². The average Bonchev–Trinajstić information content (AvgIpc) is 1.82. The van der Waals surface area contributed by atoms with Gasteiger partial charge in [0.1, 0.15) is 6.04 Å². The molecule has 0 fully saturated rings. The van der Waals surface area contributed by atoms with Gasteiger partial charge < -0.3 is 20.6 Å². The van der Waals surface area contributed by atoms with Crippen LogP contribution in [0.2, 0.25) is 0 Å². The molecule has 0 aromatic carbocycles. The summed E-state index contributed by atoms with van der Waals surface area (Å²) in [5.41, 5.74) is 5.00. The first-order chi connectivity index (χ1) is 5.24. The van der Waals surface area contributed by atoms with E-state index in [0.717, 1.165) is 6.92 Å². The quantitative estimate of drug-likeness (QED) is 0.422. The van der Waals surface area contributed by atoms with Crippen LogP contribution in [0.5, 0.6) is 0 Å². The topological polar surface area (TPSA) is 130 Å². The summed E-state index contributed by atoms with van der Waals surface area (Å²) in [6, 6.07) is -1.45. The molecule has 0 spiro atoms.